The molecule has 0 aliphatic carbocycles. The molecule has 0 aromatic carbocycles. The van der Waals surface area contributed by atoms with Gasteiger partial charge in [-0.05, 0) is 6.07 Å². The van der Waals surface area contributed by atoms with Gasteiger partial charge in [0, 0.05) is 11.4 Å². The Bertz CT molecular complexity index is 748. The maximum absolute atomic E-state index is 10.7. The number of nitrogens with zero attached hydrogens (tertiary/aromatic N) is 6. The van der Waals surface area contributed by atoms with Crippen molar-refractivity contribution < 1.29 is 4.92 Å². The molecule has 3 aromatic heterocycles. The molecule has 3 rings (SSSR count). The van der Waals surface area contributed by atoms with Crippen LogP contribution in [0.2, 0.25) is 0 Å². The molecular formula is C13H10N6O2S. The number of nitro groups is 1. The van der Waals surface area contributed by atoms with Crippen molar-refractivity contribution in [1.82, 2.24) is 19.9 Å². The fourth-order valence-electron chi connectivity index (χ4n) is 1.86. The van der Waals surface area contributed by atoms with Crippen molar-refractivity contribution in [2.24, 2.45) is 0 Å². The van der Waals surface area contributed by atoms with Gasteiger partial charge in [-0.1, -0.05) is 0 Å². The maximum Gasteiger partial charge on any atom is 0.287 e. The third-order valence-corrected chi connectivity index (χ3v) is 3.52. The average Bonchev–Trinajstić information content (AvgIpc) is 3.07. The fourth-order valence-corrected chi connectivity index (χ4v) is 2.41. The Morgan fingerprint density at radius 1 is 1.18 bits per heavy atom. The third kappa shape index (κ3) is 3.04. The highest BCUT2D eigenvalue weighted by molar-refractivity contribution is 7.07. The number of hydrogen-bond donors (Lipinski definition) is 0. The molecule has 3 heterocycles. The molecule has 0 saturated carbocycles. The first-order valence-electron chi connectivity index (χ1n) is 6.24. The van der Waals surface area contributed by atoms with E-state index < -0.39 is 4.92 Å². The van der Waals surface area contributed by atoms with E-state index in [1.54, 1.807) is 24.0 Å². The Labute approximate surface area is 129 Å². The molecule has 0 fully saturated rings. The second-order valence-corrected chi connectivity index (χ2v) is 5.01. The minimum atomic E-state index is -0.479. The Balaban J connectivity index is 1.95. The Kier molecular flexibility index (Phi) is 3.97. The monoisotopic (exact) mass is 314 g/mol. The van der Waals surface area contributed by atoms with Gasteiger partial charge in [0.05, 0.1) is 40.8 Å². The Morgan fingerprint density at radius 3 is 2.59 bits per heavy atom. The molecule has 0 saturated heterocycles. The summed E-state index contributed by atoms with van der Waals surface area (Å²) in [5, 5.41) is 12.7. The van der Waals surface area contributed by atoms with Crippen LogP contribution in [0, 0.1) is 10.1 Å². The number of hydrogen-bond acceptors (Lipinski definition) is 8. The van der Waals surface area contributed by atoms with Crippen LogP contribution in [-0.2, 0) is 6.54 Å². The van der Waals surface area contributed by atoms with Crippen LogP contribution in [0.3, 0.4) is 0 Å². The smallest absolute Gasteiger partial charge is 0.287 e. The normalized spacial score (nSPS) is 10.4. The molecule has 3 aromatic rings. The molecule has 0 unspecified atom stereocenters. The second kappa shape index (κ2) is 6.22. The van der Waals surface area contributed by atoms with E-state index in [-0.39, 0.29) is 5.69 Å². The summed E-state index contributed by atoms with van der Waals surface area (Å²) in [6.07, 6.45) is 5.98. The van der Waals surface area contributed by atoms with Crippen molar-refractivity contribution in [1.29, 1.82) is 0 Å². The third-order valence-electron chi connectivity index (χ3n) is 2.88. The number of thiazole rings is 1. The predicted molar refractivity (Wildman–Crippen MR) is 80.9 cm³/mol. The molecule has 0 N–H and O–H groups in total. The fraction of sp³-hybridized carbons (Fsp3) is 0.0769. The molecule has 22 heavy (non-hydrogen) atoms. The van der Waals surface area contributed by atoms with Crippen molar-refractivity contribution >= 4 is 28.5 Å². The summed E-state index contributed by atoms with van der Waals surface area (Å²) in [5.74, 6) is 0.563. The van der Waals surface area contributed by atoms with Crippen molar-refractivity contribution in [3.05, 3.63) is 63.7 Å². The summed E-state index contributed by atoms with van der Waals surface area (Å²) < 4.78 is 0. The van der Waals surface area contributed by atoms with E-state index in [1.165, 1.54) is 29.9 Å². The standard InChI is InChI=1S/C13H10N6O2S/c20-19(21)11-1-2-13(16-5-11)18(6-10-7-22-9-17-10)12-3-14-8-15-4-12/h1-5,7-9H,6H2. The summed E-state index contributed by atoms with van der Waals surface area (Å²) in [7, 11) is 0. The van der Waals surface area contributed by atoms with Gasteiger partial charge in [-0.3, -0.25) is 10.1 Å². The van der Waals surface area contributed by atoms with E-state index in [0.29, 0.717) is 12.4 Å². The first kappa shape index (κ1) is 14.0. The van der Waals surface area contributed by atoms with Crippen LogP contribution in [0.15, 0.2) is 47.9 Å². The van der Waals surface area contributed by atoms with E-state index in [1.807, 2.05) is 10.3 Å². The molecule has 0 amide bonds. The lowest BCUT2D eigenvalue weighted by Gasteiger charge is -2.21. The summed E-state index contributed by atoms with van der Waals surface area (Å²) >= 11 is 1.50. The van der Waals surface area contributed by atoms with Crippen LogP contribution >= 0.6 is 11.3 Å². The molecule has 0 bridgehead atoms. The minimum Gasteiger partial charge on any atom is -0.318 e. The summed E-state index contributed by atoms with van der Waals surface area (Å²) in [6.45, 7) is 0.474. The minimum absolute atomic E-state index is 0.0540. The van der Waals surface area contributed by atoms with Crippen molar-refractivity contribution in [3.63, 3.8) is 0 Å². The Hall–Kier alpha value is -2.94. The first-order valence-corrected chi connectivity index (χ1v) is 7.18. The van der Waals surface area contributed by atoms with Crippen LogP contribution in [0.5, 0.6) is 0 Å². The van der Waals surface area contributed by atoms with Gasteiger partial charge in [0.15, 0.2) is 0 Å². The van der Waals surface area contributed by atoms with Crippen LogP contribution in [-0.4, -0.2) is 24.9 Å². The Morgan fingerprint density at radius 2 is 2.00 bits per heavy atom. The van der Waals surface area contributed by atoms with Gasteiger partial charge < -0.3 is 4.90 Å². The lowest BCUT2D eigenvalue weighted by Crippen LogP contribution is -2.18. The zero-order valence-corrected chi connectivity index (χ0v) is 12.1. The molecule has 0 radical (unpaired) electrons. The van der Waals surface area contributed by atoms with Crippen LogP contribution in [0.4, 0.5) is 17.2 Å². The van der Waals surface area contributed by atoms with E-state index in [0.717, 1.165) is 11.4 Å². The van der Waals surface area contributed by atoms with Crippen molar-refractivity contribution in [2.45, 2.75) is 6.54 Å². The van der Waals surface area contributed by atoms with Gasteiger partial charge in [0.1, 0.15) is 18.3 Å². The van der Waals surface area contributed by atoms with E-state index in [2.05, 4.69) is 19.9 Å². The molecule has 0 aliphatic rings. The number of pyridine rings is 1. The molecule has 0 atom stereocenters. The summed E-state index contributed by atoms with van der Waals surface area (Å²) in [6, 6.07) is 3.01. The van der Waals surface area contributed by atoms with Crippen molar-refractivity contribution in [2.75, 3.05) is 4.90 Å². The van der Waals surface area contributed by atoms with Gasteiger partial charge in [0.25, 0.3) is 5.69 Å². The van der Waals surface area contributed by atoms with Gasteiger partial charge in [0.2, 0.25) is 0 Å². The van der Waals surface area contributed by atoms with Crippen LogP contribution < -0.4 is 4.90 Å². The number of anilines is 2. The molecule has 0 aliphatic heterocycles. The van der Waals surface area contributed by atoms with E-state index >= 15 is 0 Å². The van der Waals surface area contributed by atoms with Crippen LogP contribution in [0.25, 0.3) is 0 Å². The zero-order chi connectivity index (χ0) is 15.4. The highest BCUT2D eigenvalue weighted by Crippen LogP contribution is 2.25. The van der Waals surface area contributed by atoms with E-state index in [9.17, 15) is 10.1 Å². The predicted octanol–water partition coefficient (Wildman–Crippen LogP) is 2.57. The van der Waals surface area contributed by atoms with Crippen LogP contribution in [0.1, 0.15) is 5.69 Å². The number of aromatic nitrogens is 4. The van der Waals surface area contributed by atoms with Crippen molar-refractivity contribution in [3.8, 4) is 0 Å². The lowest BCUT2D eigenvalue weighted by atomic mass is 10.3. The maximum atomic E-state index is 10.7. The largest absolute Gasteiger partial charge is 0.318 e. The summed E-state index contributed by atoms with van der Waals surface area (Å²) in [4.78, 5) is 28.5. The van der Waals surface area contributed by atoms with Gasteiger partial charge >= 0.3 is 0 Å². The van der Waals surface area contributed by atoms with Gasteiger partial charge in [-0.25, -0.2) is 19.9 Å². The second-order valence-electron chi connectivity index (χ2n) is 4.29. The molecule has 0 spiro atoms. The summed E-state index contributed by atoms with van der Waals surface area (Å²) in [5.41, 5.74) is 3.30. The van der Waals surface area contributed by atoms with E-state index in [4.69, 9.17) is 0 Å². The average molecular weight is 314 g/mol. The highest BCUT2D eigenvalue weighted by atomic mass is 32.1. The zero-order valence-electron chi connectivity index (χ0n) is 11.2. The molecule has 8 nitrogen and oxygen atoms in total. The molecular weight excluding hydrogens is 304 g/mol. The topological polar surface area (TPSA) is 97.9 Å². The molecule has 9 heteroatoms. The molecule has 110 valence electrons. The van der Waals surface area contributed by atoms with Gasteiger partial charge in [-0.15, -0.1) is 11.3 Å². The quantitative estimate of drug-likeness (QED) is 0.527. The highest BCUT2D eigenvalue weighted by Gasteiger charge is 2.15. The van der Waals surface area contributed by atoms with Gasteiger partial charge in [-0.2, -0.15) is 0 Å². The first-order chi connectivity index (χ1) is 10.7. The SMILES string of the molecule is O=[N+]([O-])c1ccc(N(Cc2cscn2)c2cncnc2)nc1. The number of rotatable bonds is 5. The lowest BCUT2D eigenvalue weighted by molar-refractivity contribution is -0.385.